The zero-order valence-corrected chi connectivity index (χ0v) is 16.0. The highest BCUT2D eigenvalue weighted by atomic mass is 79.9. The molecule has 2 aromatic carbocycles. The predicted molar refractivity (Wildman–Crippen MR) is 95.9 cm³/mol. The first-order valence-electron chi connectivity index (χ1n) is 6.63. The van der Waals surface area contributed by atoms with Crippen LogP contribution in [0.4, 0.5) is 0 Å². The zero-order valence-electron chi connectivity index (χ0n) is 11.4. The Labute approximate surface area is 156 Å². The molecule has 1 fully saturated rings. The van der Waals surface area contributed by atoms with E-state index in [2.05, 4.69) is 31.9 Å². The van der Waals surface area contributed by atoms with E-state index >= 15 is 0 Å². The third kappa shape index (κ3) is 3.23. The molecule has 0 aromatic heterocycles. The van der Waals surface area contributed by atoms with Crippen LogP contribution in [-0.2, 0) is 15.3 Å². The molecule has 0 amide bonds. The largest absolute Gasteiger partial charge is 0.342 e. The summed E-state index contributed by atoms with van der Waals surface area (Å²) in [5.41, 5.74) is 1.84. The van der Waals surface area contributed by atoms with Gasteiger partial charge in [0.2, 0.25) is 5.79 Å². The van der Waals surface area contributed by atoms with Crippen molar-refractivity contribution in [3.05, 3.63) is 68.1 Å². The normalized spacial score (nSPS) is 24.6. The Balaban J connectivity index is 1.89. The lowest BCUT2D eigenvalue weighted by Gasteiger charge is -2.26. The highest BCUT2D eigenvalue weighted by Crippen LogP contribution is 2.43. The van der Waals surface area contributed by atoms with Crippen molar-refractivity contribution in [2.24, 2.45) is 0 Å². The van der Waals surface area contributed by atoms with Crippen molar-refractivity contribution in [3.8, 4) is 0 Å². The van der Waals surface area contributed by atoms with Crippen molar-refractivity contribution in [2.75, 3.05) is 11.9 Å². The zero-order chi connectivity index (χ0) is 15.7. The van der Waals surface area contributed by atoms with Gasteiger partial charge in [0, 0.05) is 25.6 Å². The van der Waals surface area contributed by atoms with E-state index in [1.165, 1.54) is 0 Å². The van der Waals surface area contributed by atoms with E-state index in [0.29, 0.717) is 22.0 Å². The maximum Gasteiger partial charge on any atom is 0.205 e. The molecule has 1 heterocycles. The average Bonchev–Trinajstić information content (AvgIpc) is 2.93. The van der Waals surface area contributed by atoms with Crippen molar-refractivity contribution in [1.29, 1.82) is 0 Å². The Kier molecular flexibility index (Phi) is 5.17. The summed E-state index contributed by atoms with van der Waals surface area (Å²) >= 11 is 19.2. The Hall–Kier alpha value is -0.100. The summed E-state index contributed by atoms with van der Waals surface area (Å²) in [5, 5.41) is 1.72. The van der Waals surface area contributed by atoms with Gasteiger partial charge in [0.15, 0.2) is 0 Å². The van der Waals surface area contributed by atoms with Crippen LogP contribution in [0.3, 0.4) is 0 Å². The molecule has 2 atom stereocenters. The molecule has 0 radical (unpaired) electrons. The second-order valence-corrected chi connectivity index (χ2v) is 7.30. The number of halogens is 4. The number of ether oxygens (including phenoxy) is 2. The molecule has 0 N–H and O–H groups in total. The van der Waals surface area contributed by atoms with Crippen LogP contribution in [0.1, 0.15) is 17.2 Å². The topological polar surface area (TPSA) is 18.5 Å². The summed E-state index contributed by atoms with van der Waals surface area (Å²) in [6.45, 7) is 0.434. The van der Waals surface area contributed by atoms with E-state index in [1.807, 2.05) is 30.3 Å². The molecule has 3 rings (SSSR count). The van der Waals surface area contributed by atoms with Crippen LogP contribution in [0, 0.1) is 0 Å². The molecule has 6 heteroatoms. The van der Waals surface area contributed by atoms with Gasteiger partial charge in [0.1, 0.15) is 6.10 Å². The summed E-state index contributed by atoms with van der Waals surface area (Å²) in [6.07, 6.45) is -0.231. The van der Waals surface area contributed by atoms with Crippen molar-refractivity contribution in [3.63, 3.8) is 0 Å². The van der Waals surface area contributed by atoms with Gasteiger partial charge in [-0.15, -0.1) is 0 Å². The maximum absolute atomic E-state index is 6.27. The van der Waals surface area contributed by atoms with E-state index in [9.17, 15) is 0 Å². The summed E-state index contributed by atoms with van der Waals surface area (Å²) in [6, 6.07) is 13.3. The number of benzene rings is 2. The van der Waals surface area contributed by atoms with E-state index < -0.39 is 5.79 Å². The molecule has 2 nitrogen and oxygen atoms in total. The molecule has 2 aromatic rings. The Morgan fingerprint density at radius 3 is 2.50 bits per heavy atom. The number of hydrogen-bond acceptors (Lipinski definition) is 2. The first kappa shape index (κ1) is 16.7. The third-order valence-corrected chi connectivity index (χ3v) is 5.40. The van der Waals surface area contributed by atoms with Gasteiger partial charge in [-0.3, -0.25) is 0 Å². The molecular formula is C16H12Br2Cl2O2. The van der Waals surface area contributed by atoms with Crippen LogP contribution < -0.4 is 0 Å². The van der Waals surface area contributed by atoms with Gasteiger partial charge in [0.05, 0.1) is 11.9 Å². The van der Waals surface area contributed by atoms with Crippen LogP contribution in [-0.4, -0.2) is 11.9 Å². The van der Waals surface area contributed by atoms with E-state index in [1.54, 1.807) is 12.1 Å². The van der Waals surface area contributed by atoms with Gasteiger partial charge in [-0.1, -0.05) is 73.3 Å². The Bertz CT molecular complexity index is 678. The summed E-state index contributed by atoms with van der Waals surface area (Å²) in [4.78, 5) is 0. The maximum atomic E-state index is 6.27. The second-order valence-electron chi connectivity index (χ2n) is 4.98. The van der Waals surface area contributed by atoms with E-state index in [-0.39, 0.29) is 6.10 Å². The van der Waals surface area contributed by atoms with Gasteiger partial charge >= 0.3 is 0 Å². The van der Waals surface area contributed by atoms with Crippen LogP contribution in [0.5, 0.6) is 0 Å². The monoisotopic (exact) mass is 464 g/mol. The van der Waals surface area contributed by atoms with Gasteiger partial charge in [-0.25, -0.2) is 0 Å². The van der Waals surface area contributed by atoms with Crippen molar-refractivity contribution in [1.82, 2.24) is 0 Å². The van der Waals surface area contributed by atoms with Gasteiger partial charge in [-0.05, 0) is 24.3 Å². The average molecular weight is 467 g/mol. The van der Waals surface area contributed by atoms with Gasteiger partial charge in [-0.2, -0.15) is 0 Å². The summed E-state index contributed by atoms with van der Waals surface area (Å²) < 4.78 is 13.2. The molecule has 116 valence electrons. The van der Waals surface area contributed by atoms with Crippen molar-refractivity contribution in [2.45, 2.75) is 11.9 Å². The van der Waals surface area contributed by atoms with Crippen LogP contribution in [0.15, 0.2) is 46.9 Å². The van der Waals surface area contributed by atoms with Crippen LogP contribution in [0.25, 0.3) is 0 Å². The molecule has 2 unspecified atom stereocenters. The first-order valence-corrected chi connectivity index (χ1v) is 9.30. The molecule has 0 bridgehead atoms. The molecule has 0 aliphatic carbocycles. The standard InChI is InChI=1S/C16H12Br2Cl2O2/c17-9-16(10-1-3-11(18)4-2-10)21-8-15(22-16)13-6-5-12(19)7-14(13)20/h1-7,15H,8-9H2. The third-order valence-electron chi connectivity index (χ3n) is 3.57. The predicted octanol–water partition coefficient (Wildman–Crippen LogP) is 6.09. The van der Waals surface area contributed by atoms with Crippen LogP contribution in [0.2, 0.25) is 10.0 Å². The van der Waals surface area contributed by atoms with E-state index in [4.69, 9.17) is 32.7 Å². The first-order chi connectivity index (χ1) is 10.5. The number of hydrogen-bond donors (Lipinski definition) is 0. The number of rotatable bonds is 3. The molecule has 22 heavy (non-hydrogen) atoms. The lowest BCUT2D eigenvalue weighted by atomic mass is 10.1. The molecule has 0 saturated carbocycles. The molecule has 1 saturated heterocycles. The molecule has 1 aliphatic rings. The summed E-state index contributed by atoms with van der Waals surface area (Å²) in [5.74, 6) is -0.811. The highest BCUT2D eigenvalue weighted by Gasteiger charge is 2.43. The Morgan fingerprint density at radius 2 is 1.86 bits per heavy atom. The highest BCUT2D eigenvalue weighted by molar-refractivity contribution is 9.10. The molecular weight excluding hydrogens is 455 g/mol. The Morgan fingerprint density at radius 1 is 1.14 bits per heavy atom. The molecule has 0 spiro atoms. The lowest BCUT2D eigenvalue weighted by molar-refractivity contribution is -0.157. The smallest absolute Gasteiger partial charge is 0.205 e. The fourth-order valence-electron chi connectivity index (χ4n) is 2.43. The summed E-state index contributed by atoms with van der Waals surface area (Å²) in [7, 11) is 0. The second kappa shape index (κ2) is 6.80. The lowest BCUT2D eigenvalue weighted by Crippen LogP contribution is -2.29. The minimum absolute atomic E-state index is 0.231. The fourth-order valence-corrected chi connectivity index (χ4v) is 3.84. The van der Waals surface area contributed by atoms with E-state index in [0.717, 1.165) is 15.6 Å². The van der Waals surface area contributed by atoms with Crippen molar-refractivity contribution >= 4 is 55.1 Å². The van der Waals surface area contributed by atoms with Crippen molar-refractivity contribution < 1.29 is 9.47 Å². The quantitative estimate of drug-likeness (QED) is 0.509. The SMILES string of the molecule is Clc1ccc(C2COC(CBr)(c3ccc(Br)cc3)O2)c(Cl)c1. The minimum atomic E-state index is -0.811. The van der Waals surface area contributed by atoms with Crippen LogP contribution >= 0.6 is 55.1 Å². The van der Waals surface area contributed by atoms with Gasteiger partial charge < -0.3 is 9.47 Å². The van der Waals surface area contributed by atoms with Gasteiger partial charge in [0.25, 0.3) is 0 Å². The number of alkyl halides is 1. The fraction of sp³-hybridized carbons (Fsp3) is 0.250. The molecule has 1 aliphatic heterocycles. The minimum Gasteiger partial charge on any atom is -0.342 e.